The zero-order chi connectivity index (χ0) is 26.8. The third-order valence-corrected chi connectivity index (χ3v) is 11.3. The number of thiophene rings is 2. The van der Waals surface area contributed by atoms with Gasteiger partial charge in [0.25, 0.3) is 0 Å². The van der Waals surface area contributed by atoms with Gasteiger partial charge in [-0.3, -0.25) is 0 Å². The van der Waals surface area contributed by atoms with Gasteiger partial charge in [0.2, 0.25) is 0 Å². The summed E-state index contributed by atoms with van der Waals surface area (Å²) >= 11 is 3.81. The SMILES string of the molecule is CC1CC=Cc2sc3cc(-n4c5ccccc5c5cc6c(cc54)sc4cc5c(cc46)[nH]c4ncccc45)ccc3c21. The predicted octanol–water partition coefficient (Wildman–Crippen LogP) is 10.9. The summed E-state index contributed by atoms with van der Waals surface area (Å²) in [6, 6.07) is 29.6. The maximum absolute atomic E-state index is 4.55. The highest BCUT2D eigenvalue weighted by Gasteiger charge is 2.21. The van der Waals surface area contributed by atoms with Crippen molar-refractivity contribution in [3.05, 3.63) is 102 Å². The van der Waals surface area contributed by atoms with E-state index in [1.165, 1.54) is 79.0 Å². The van der Waals surface area contributed by atoms with Crippen LogP contribution in [0.2, 0.25) is 0 Å². The molecule has 0 fully saturated rings. The molecule has 1 N–H and O–H groups in total. The van der Waals surface area contributed by atoms with Crippen LogP contribution in [0.3, 0.4) is 0 Å². The van der Waals surface area contributed by atoms with Gasteiger partial charge in [-0.2, -0.15) is 0 Å². The topological polar surface area (TPSA) is 33.6 Å². The van der Waals surface area contributed by atoms with Crippen LogP contribution in [0.25, 0.3) is 85.8 Å². The minimum Gasteiger partial charge on any atom is -0.339 e. The highest BCUT2D eigenvalue weighted by molar-refractivity contribution is 7.26. The number of rotatable bonds is 1. The number of benzene rings is 4. The fourth-order valence-corrected chi connectivity index (χ4v) is 9.56. The molecule has 1 aliphatic carbocycles. The van der Waals surface area contributed by atoms with Crippen molar-refractivity contribution < 1.29 is 0 Å². The summed E-state index contributed by atoms with van der Waals surface area (Å²) in [7, 11) is 0. The van der Waals surface area contributed by atoms with E-state index in [0.717, 1.165) is 17.6 Å². The van der Waals surface area contributed by atoms with Crippen LogP contribution in [-0.2, 0) is 0 Å². The Labute approximate surface area is 243 Å². The van der Waals surface area contributed by atoms with Gasteiger partial charge in [0.05, 0.1) is 11.0 Å². The van der Waals surface area contributed by atoms with Crippen molar-refractivity contribution in [3.63, 3.8) is 0 Å². The summed E-state index contributed by atoms with van der Waals surface area (Å²) in [5.41, 5.74) is 7.36. The van der Waals surface area contributed by atoms with Gasteiger partial charge in [-0.15, -0.1) is 22.7 Å². The molecule has 0 radical (unpaired) electrons. The Morgan fingerprint density at radius 1 is 0.732 bits per heavy atom. The van der Waals surface area contributed by atoms with Gasteiger partial charge in [-0.25, -0.2) is 4.98 Å². The summed E-state index contributed by atoms with van der Waals surface area (Å²) in [6.07, 6.45) is 7.62. The van der Waals surface area contributed by atoms with E-state index in [-0.39, 0.29) is 0 Å². The summed E-state index contributed by atoms with van der Waals surface area (Å²) in [4.78, 5) is 9.51. The Kier molecular flexibility index (Phi) is 4.26. The zero-order valence-corrected chi connectivity index (χ0v) is 23.9. The molecule has 41 heavy (non-hydrogen) atoms. The van der Waals surface area contributed by atoms with Gasteiger partial charge in [0, 0.05) is 68.7 Å². The van der Waals surface area contributed by atoms with Gasteiger partial charge in [0.15, 0.2) is 0 Å². The smallest absolute Gasteiger partial charge is 0.138 e. The second-order valence-electron chi connectivity index (χ2n) is 11.3. The third kappa shape index (κ3) is 2.95. The van der Waals surface area contributed by atoms with Crippen molar-refractivity contribution in [1.29, 1.82) is 0 Å². The number of para-hydroxylation sites is 1. The van der Waals surface area contributed by atoms with E-state index in [2.05, 4.69) is 106 Å². The quantitative estimate of drug-likeness (QED) is 0.212. The molecule has 5 heteroatoms. The number of hydrogen-bond donors (Lipinski definition) is 1. The van der Waals surface area contributed by atoms with Crippen LogP contribution in [0.1, 0.15) is 29.7 Å². The van der Waals surface area contributed by atoms with Crippen LogP contribution in [0.4, 0.5) is 0 Å². The molecule has 0 amide bonds. The fraction of sp³-hybridized carbons (Fsp3) is 0.0833. The highest BCUT2D eigenvalue weighted by atomic mass is 32.1. The molecule has 0 saturated carbocycles. The maximum Gasteiger partial charge on any atom is 0.138 e. The van der Waals surface area contributed by atoms with Gasteiger partial charge in [0.1, 0.15) is 5.65 Å². The second-order valence-corrected chi connectivity index (χ2v) is 13.5. The molecule has 1 unspecified atom stereocenters. The molecule has 0 spiro atoms. The second kappa shape index (κ2) is 7.84. The van der Waals surface area contributed by atoms with Crippen LogP contribution < -0.4 is 0 Å². The highest BCUT2D eigenvalue weighted by Crippen LogP contribution is 2.45. The lowest BCUT2D eigenvalue weighted by Crippen LogP contribution is -1.97. The largest absolute Gasteiger partial charge is 0.339 e. The Hall–Kier alpha value is -4.45. The number of pyridine rings is 1. The first-order chi connectivity index (χ1) is 20.2. The number of H-pyrrole nitrogens is 1. The van der Waals surface area contributed by atoms with Crippen LogP contribution in [0.5, 0.6) is 0 Å². The van der Waals surface area contributed by atoms with E-state index in [0.29, 0.717) is 5.92 Å². The molecular formula is C36H23N3S2. The lowest BCUT2D eigenvalue weighted by molar-refractivity contribution is 0.783. The molecule has 4 aromatic carbocycles. The van der Waals surface area contributed by atoms with Crippen LogP contribution in [0, 0.1) is 0 Å². The van der Waals surface area contributed by atoms with Crippen molar-refractivity contribution in [3.8, 4) is 5.69 Å². The number of fused-ring (bicyclic) bond motifs is 12. The van der Waals surface area contributed by atoms with Crippen LogP contribution >= 0.6 is 22.7 Å². The average Bonchev–Trinajstić information content (AvgIpc) is 3.73. The van der Waals surface area contributed by atoms with Crippen LogP contribution in [-0.4, -0.2) is 14.5 Å². The standard InChI is InChI=1S/C36H23N3S2/c1-19-6-4-10-31-35(19)23-12-11-20(14-32(23)40-31)39-29-9-3-2-7-21(29)25-15-26-27-16-28-24(22-8-5-13-37-36(22)38-28)17-33(27)41-34(26)18-30(25)39/h2-5,7-19H,6H2,1H3,(H,37,38). The van der Waals surface area contributed by atoms with E-state index in [1.807, 2.05) is 34.9 Å². The molecule has 3 nitrogen and oxygen atoms in total. The molecule has 10 rings (SSSR count). The van der Waals surface area contributed by atoms with Crippen molar-refractivity contribution in [2.45, 2.75) is 19.3 Å². The van der Waals surface area contributed by atoms with Gasteiger partial charge >= 0.3 is 0 Å². The Morgan fingerprint density at radius 2 is 1.59 bits per heavy atom. The number of nitrogens with zero attached hydrogens (tertiary/aromatic N) is 2. The maximum atomic E-state index is 4.55. The molecule has 5 heterocycles. The molecule has 1 aliphatic rings. The molecule has 9 aromatic rings. The normalized spacial score (nSPS) is 15.5. The average molecular weight is 562 g/mol. The van der Waals surface area contributed by atoms with E-state index < -0.39 is 0 Å². The molecule has 0 saturated heterocycles. The Balaban J connectivity index is 1.26. The van der Waals surface area contributed by atoms with Crippen molar-refractivity contribution in [1.82, 2.24) is 14.5 Å². The number of hydrogen-bond acceptors (Lipinski definition) is 3. The van der Waals surface area contributed by atoms with Crippen molar-refractivity contribution in [2.24, 2.45) is 0 Å². The van der Waals surface area contributed by atoms with Gasteiger partial charge in [-0.1, -0.05) is 37.3 Å². The van der Waals surface area contributed by atoms with E-state index in [9.17, 15) is 0 Å². The van der Waals surface area contributed by atoms with E-state index >= 15 is 0 Å². The van der Waals surface area contributed by atoms with E-state index in [1.54, 1.807) is 0 Å². The molecule has 1 atom stereocenters. The van der Waals surface area contributed by atoms with Crippen molar-refractivity contribution in [2.75, 3.05) is 0 Å². The molecular weight excluding hydrogens is 539 g/mol. The molecule has 194 valence electrons. The number of nitrogens with one attached hydrogen (secondary N) is 1. The molecule has 5 aromatic heterocycles. The summed E-state index contributed by atoms with van der Waals surface area (Å²) in [5, 5.41) is 9.04. The lowest BCUT2D eigenvalue weighted by Gasteiger charge is -2.14. The fourth-order valence-electron chi connectivity index (χ4n) is 7.13. The Bertz CT molecular complexity index is 2590. The minimum absolute atomic E-state index is 0.574. The zero-order valence-electron chi connectivity index (χ0n) is 22.2. The van der Waals surface area contributed by atoms with Crippen molar-refractivity contribution >= 4 is 103 Å². The lowest BCUT2D eigenvalue weighted by atomic mass is 9.91. The molecule has 0 aliphatic heterocycles. The van der Waals surface area contributed by atoms with E-state index in [4.69, 9.17) is 0 Å². The monoisotopic (exact) mass is 561 g/mol. The summed E-state index contributed by atoms with van der Waals surface area (Å²) < 4.78 is 6.47. The summed E-state index contributed by atoms with van der Waals surface area (Å²) in [6.45, 7) is 2.35. The first-order valence-electron chi connectivity index (χ1n) is 14.1. The first-order valence-corrected chi connectivity index (χ1v) is 15.7. The number of aromatic nitrogens is 3. The Morgan fingerprint density at radius 3 is 2.56 bits per heavy atom. The molecule has 0 bridgehead atoms. The van der Waals surface area contributed by atoms with Crippen LogP contribution in [0.15, 0.2) is 91.1 Å². The third-order valence-electron chi connectivity index (χ3n) is 9.01. The van der Waals surface area contributed by atoms with Gasteiger partial charge in [-0.05, 0) is 84.0 Å². The van der Waals surface area contributed by atoms with Gasteiger partial charge < -0.3 is 9.55 Å². The predicted molar refractivity (Wildman–Crippen MR) is 178 cm³/mol. The summed E-state index contributed by atoms with van der Waals surface area (Å²) in [5.74, 6) is 0.574. The number of aromatic amines is 1. The number of allylic oxidation sites excluding steroid dienone is 1. The first kappa shape index (κ1) is 22.3. The minimum atomic E-state index is 0.574.